The fourth-order valence-corrected chi connectivity index (χ4v) is 3.34. The van der Waals surface area contributed by atoms with Gasteiger partial charge < -0.3 is 20.1 Å². The Morgan fingerprint density at radius 3 is 2.46 bits per heavy atom. The maximum Gasteiger partial charge on any atom is 0.191 e. The van der Waals surface area contributed by atoms with Crippen molar-refractivity contribution in [3.8, 4) is 5.75 Å². The monoisotopic (exact) mass is 504 g/mol. The van der Waals surface area contributed by atoms with Gasteiger partial charge in [-0.05, 0) is 50.0 Å². The van der Waals surface area contributed by atoms with Crippen LogP contribution in [-0.2, 0) is 4.74 Å². The molecule has 1 saturated heterocycles. The quantitative estimate of drug-likeness (QED) is 0.209. The first-order chi connectivity index (χ1) is 13.3. The van der Waals surface area contributed by atoms with Crippen molar-refractivity contribution in [2.75, 3.05) is 53.6 Å². The topological polar surface area (TPSA) is 58.1 Å². The molecule has 1 fully saturated rings. The van der Waals surface area contributed by atoms with Gasteiger partial charge in [0.05, 0.1) is 19.8 Å². The third kappa shape index (κ3) is 8.53. The molecule has 0 spiro atoms. The molecule has 1 aromatic rings. The molecule has 2 rings (SSSR count). The second-order valence-electron chi connectivity index (χ2n) is 6.88. The van der Waals surface area contributed by atoms with E-state index in [-0.39, 0.29) is 24.0 Å². The van der Waals surface area contributed by atoms with Gasteiger partial charge in [-0.1, -0.05) is 25.5 Å². The molecule has 1 heterocycles. The fourth-order valence-electron chi connectivity index (χ4n) is 3.34. The normalized spacial score (nSPS) is 15.8. The number of hydrogen-bond donors (Lipinski definition) is 2. The third-order valence-corrected chi connectivity index (χ3v) is 4.95. The maximum atomic E-state index is 5.60. The van der Waals surface area contributed by atoms with Gasteiger partial charge in [-0.15, -0.1) is 24.0 Å². The summed E-state index contributed by atoms with van der Waals surface area (Å²) in [5.74, 6) is 1.72. The summed E-state index contributed by atoms with van der Waals surface area (Å²) < 4.78 is 10.9. The molecule has 2 N–H and O–H groups in total. The molecule has 1 aliphatic heterocycles. The highest BCUT2D eigenvalue weighted by Crippen LogP contribution is 2.26. The lowest BCUT2D eigenvalue weighted by Crippen LogP contribution is -2.43. The minimum absolute atomic E-state index is 0. The summed E-state index contributed by atoms with van der Waals surface area (Å²) >= 11 is 0. The van der Waals surface area contributed by atoms with Crippen LogP contribution in [0.15, 0.2) is 29.3 Å². The Morgan fingerprint density at radius 1 is 1.14 bits per heavy atom. The van der Waals surface area contributed by atoms with Gasteiger partial charge in [0.15, 0.2) is 5.96 Å². The highest BCUT2D eigenvalue weighted by Gasteiger charge is 2.23. The molecule has 0 bridgehead atoms. The zero-order valence-corrected chi connectivity index (χ0v) is 19.9. The van der Waals surface area contributed by atoms with Crippen LogP contribution in [-0.4, -0.2) is 64.4 Å². The Labute approximate surface area is 187 Å². The molecule has 7 heteroatoms. The lowest BCUT2D eigenvalue weighted by Gasteiger charge is -2.29. The van der Waals surface area contributed by atoms with Gasteiger partial charge in [-0.2, -0.15) is 0 Å². The van der Waals surface area contributed by atoms with Gasteiger partial charge in [0.25, 0.3) is 0 Å². The second-order valence-corrected chi connectivity index (χ2v) is 6.88. The van der Waals surface area contributed by atoms with E-state index < -0.39 is 0 Å². The van der Waals surface area contributed by atoms with E-state index in [1.807, 2.05) is 19.2 Å². The summed E-state index contributed by atoms with van der Waals surface area (Å²) in [6.07, 6.45) is 4.83. The van der Waals surface area contributed by atoms with E-state index in [0.29, 0.717) is 12.6 Å². The highest BCUT2D eigenvalue weighted by molar-refractivity contribution is 14.0. The van der Waals surface area contributed by atoms with E-state index >= 15 is 0 Å². The number of nitrogens with zero attached hydrogens (tertiary/aromatic N) is 2. The van der Waals surface area contributed by atoms with Crippen LogP contribution in [0.5, 0.6) is 5.75 Å². The van der Waals surface area contributed by atoms with Crippen molar-refractivity contribution < 1.29 is 9.47 Å². The summed E-state index contributed by atoms with van der Waals surface area (Å²) in [5, 5.41) is 6.82. The molecule has 0 amide bonds. The fraction of sp³-hybridized carbons (Fsp3) is 0.667. The Hall–Kier alpha value is -1.06. The minimum Gasteiger partial charge on any atom is -0.497 e. The number of likely N-dealkylation sites (tertiary alicyclic amines) is 1. The van der Waals surface area contributed by atoms with Crippen LogP contribution in [0.25, 0.3) is 0 Å². The number of methoxy groups -OCH3 is 1. The van der Waals surface area contributed by atoms with Gasteiger partial charge in [0.2, 0.25) is 0 Å². The summed E-state index contributed by atoms with van der Waals surface area (Å²) in [5.41, 5.74) is 1.31. The molecule has 0 aliphatic carbocycles. The molecule has 28 heavy (non-hydrogen) atoms. The Kier molecular flexibility index (Phi) is 13.3. The van der Waals surface area contributed by atoms with E-state index in [1.165, 1.54) is 24.8 Å². The number of aliphatic imine (C=N–C) groups is 1. The Morgan fingerprint density at radius 2 is 1.86 bits per heavy atom. The number of halogens is 1. The molecular formula is C21H37IN4O2. The molecule has 6 nitrogen and oxygen atoms in total. The molecule has 0 radical (unpaired) electrons. The van der Waals surface area contributed by atoms with Crippen LogP contribution >= 0.6 is 24.0 Å². The van der Waals surface area contributed by atoms with Crippen LogP contribution in [0.1, 0.15) is 44.2 Å². The highest BCUT2D eigenvalue weighted by atomic mass is 127. The molecule has 0 saturated carbocycles. The number of ether oxygens (including phenoxy) is 2. The van der Waals surface area contributed by atoms with E-state index in [0.717, 1.165) is 50.9 Å². The summed E-state index contributed by atoms with van der Waals surface area (Å²) in [6.45, 7) is 7.59. The maximum absolute atomic E-state index is 5.60. The largest absolute Gasteiger partial charge is 0.497 e. The molecule has 1 atom stereocenters. The summed E-state index contributed by atoms with van der Waals surface area (Å²) in [7, 11) is 3.52. The smallest absolute Gasteiger partial charge is 0.191 e. The van der Waals surface area contributed by atoms with Gasteiger partial charge in [-0.25, -0.2) is 0 Å². The number of unbranched alkanes of at least 4 members (excludes halogenated alkanes) is 1. The van der Waals surface area contributed by atoms with E-state index in [2.05, 4.69) is 39.6 Å². The molecule has 1 aliphatic rings. The van der Waals surface area contributed by atoms with Gasteiger partial charge >= 0.3 is 0 Å². The van der Waals surface area contributed by atoms with Gasteiger partial charge in [-0.3, -0.25) is 9.89 Å². The second kappa shape index (κ2) is 14.9. The van der Waals surface area contributed by atoms with Crippen LogP contribution in [0.4, 0.5) is 0 Å². The van der Waals surface area contributed by atoms with Crippen molar-refractivity contribution in [3.63, 3.8) is 0 Å². The zero-order valence-electron chi connectivity index (χ0n) is 17.6. The Balaban J connectivity index is 0.00000392. The summed E-state index contributed by atoms with van der Waals surface area (Å²) in [6, 6.07) is 8.75. The first kappa shape index (κ1) is 25.0. The Bertz CT molecular complexity index is 548. The minimum atomic E-state index is 0. The van der Waals surface area contributed by atoms with Crippen molar-refractivity contribution in [2.45, 2.75) is 38.6 Å². The van der Waals surface area contributed by atoms with Gasteiger partial charge in [0.1, 0.15) is 5.75 Å². The predicted molar refractivity (Wildman–Crippen MR) is 127 cm³/mol. The number of hydrogen-bond acceptors (Lipinski definition) is 4. The SMILES string of the molecule is CCCCOCCNC(=NC)NCC(c1ccc(OC)cc1)N1CCCC1.I. The first-order valence-corrected chi connectivity index (χ1v) is 10.2. The predicted octanol–water partition coefficient (Wildman–Crippen LogP) is 3.43. The number of guanidine groups is 1. The van der Waals surface area contributed by atoms with Crippen molar-refractivity contribution in [1.29, 1.82) is 0 Å². The average molecular weight is 504 g/mol. The van der Waals surface area contributed by atoms with Crippen LogP contribution in [0.3, 0.4) is 0 Å². The van der Waals surface area contributed by atoms with Crippen LogP contribution < -0.4 is 15.4 Å². The molecule has 1 unspecified atom stereocenters. The van der Waals surface area contributed by atoms with Crippen LogP contribution in [0, 0.1) is 0 Å². The third-order valence-electron chi connectivity index (χ3n) is 4.95. The molecular weight excluding hydrogens is 467 g/mol. The number of rotatable bonds is 11. The van der Waals surface area contributed by atoms with E-state index in [9.17, 15) is 0 Å². The van der Waals surface area contributed by atoms with Crippen molar-refractivity contribution in [1.82, 2.24) is 15.5 Å². The van der Waals surface area contributed by atoms with Crippen molar-refractivity contribution in [2.24, 2.45) is 4.99 Å². The standard InChI is InChI=1S/C21H36N4O2.HI/c1-4-5-15-27-16-12-23-21(22-2)24-17-20(25-13-6-7-14-25)18-8-10-19(26-3)11-9-18;/h8-11,20H,4-7,12-17H2,1-3H3,(H2,22,23,24);1H. The van der Waals surface area contributed by atoms with Crippen LogP contribution in [0.2, 0.25) is 0 Å². The van der Waals surface area contributed by atoms with Crippen molar-refractivity contribution in [3.05, 3.63) is 29.8 Å². The molecule has 160 valence electrons. The molecule has 1 aromatic carbocycles. The summed E-state index contributed by atoms with van der Waals surface area (Å²) in [4.78, 5) is 6.89. The van der Waals surface area contributed by atoms with E-state index in [4.69, 9.17) is 9.47 Å². The zero-order chi connectivity index (χ0) is 19.3. The average Bonchev–Trinajstić information content (AvgIpc) is 3.24. The first-order valence-electron chi connectivity index (χ1n) is 10.2. The van der Waals surface area contributed by atoms with Crippen molar-refractivity contribution >= 4 is 29.9 Å². The number of nitrogens with one attached hydrogen (secondary N) is 2. The van der Waals surface area contributed by atoms with E-state index in [1.54, 1.807) is 7.11 Å². The number of benzene rings is 1. The lowest BCUT2D eigenvalue weighted by molar-refractivity contribution is 0.136. The lowest BCUT2D eigenvalue weighted by atomic mass is 10.1. The van der Waals surface area contributed by atoms with Gasteiger partial charge in [0, 0.05) is 26.7 Å². The molecule has 0 aromatic heterocycles.